The van der Waals surface area contributed by atoms with Crippen molar-refractivity contribution < 1.29 is 65.1 Å². The third-order valence-electron chi connectivity index (χ3n) is 25.3. The highest BCUT2D eigenvalue weighted by Crippen LogP contribution is 2.38. The average Bonchev–Trinajstić information content (AvgIpc) is 0.866. The number of aromatic nitrogens is 2. The zero-order chi connectivity index (χ0) is 87.7. The number of fused-ring (bicyclic) bond motifs is 5. The van der Waals surface area contributed by atoms with Crippen LogP contribution in [0.15, 0.2) is 110 Å². The molecule has 0 radical (unpaired) electrons. The van der Waals surface area contributed by atoms with Crippen molar-refractivity contribution in [1.29, 1.82) is 0 Å². The molecule has 5 aromatic carbocycles. The summed E-state index contributed by atoms with van der Waals surface area (Å²) in [4.78, 5) is 14.5. The Morgan fingerprint density at radius 2 is 0.702 bits per heavy atom. The standard InChI is InChI=1S/C21H37N4O2.C21H36N3O2.C20H34N3O2.C18H32N3O2.C17H26N5O/c1-25(2)13-9-23(10-14-25)11-16-26-15-5-3-4-8-24-12-17-27-21-18-19(22)6-7-20(21)24;1-24(12-5-3-6-13-24)14-17-25-15-7-2-4-10-23-11-16-26-21-18-19(22)8-9-20(21)23;1-23(11-4-5-12-23)13-16-24-14-6-2-3-9-22-10-15-25-20-17-18(21)7-8-19(20)22;1-21(2,3)11-14-22-12-6-4-5-9-20-10-13-23-18-15-16(19)7-8-17(18)20;1-20-9-10-21(14-20)7-2-5-19-6-8-22-11-12-23-17-13-15(18)3-4-16(17)22/h6-7,18H,3-5,8-17,22H2,1-2H3;8-9,18H,2-7,10-17,22H2,1H3;7-8,17H,2-6,9-16,21H2,1H3;7-8,15H,4-6,9-14,19H2,1-3H3;3-4,9-10,13-14,19H,2,5-8,11-12,18H2,1H3/q5*+1. The van der Waals surface area contributed by atoms with Crippen LogP contribution in [0.25, 0.3) is 0 Å². The van der Waals surface area contributed by atoms with Crippen LogP contribution in [-0.4, -0.2) is 320 Å². The Morgan fingerprint density at radius 3 is 1.05 bits per heavy atom. The van der Waals surface area contributed by atoms with Gasteiger partial charge in [0.15, 0.2) is 0 Å². The SMILES string of the molecule is C[N+](C)(C)CCOCCCCCN1CCOc2cc(N)ccc21.C[N+]1(C)CCN(CCOCCCCCN2CCOc3cc(N)ccc32)CC1.C[N+]1(CCOCCCCCN2CCOc3cc(N)ccc32)CCCC1.C[N+]1(CCOCCCCCN2CCOc3cc(N)ccc32)CCCCC1.C[n+]1ccn(CCCNCCN2CCOc3cc(N)ccc32)c1. The maximum absolute atomic E-state index is 5.90. The van der Waals surface area contributed by atoms with Crippen LogP contribution in [0.4, 0.5) is 56.9 Å². The topological polar surface area (TPSA) is 253 Å². The van der Waals surface area contributed by atoms with Crippen molar-refractivity contribution in [2.45, 2.75) is 122 Å². The second kappa shape index (κ2) is 52.3. The number of nitrogens with zero attached hydrogens (tertiary/aromatic N) is 12. The van der Waals surface area contributed by atoms with Gasteiger partial charge >= 0.3 is 0 Å². The van der Waals surface area contributed by atoms with E-state index in [0.29, 0.717) is 0 Å². The second-order valence-corrected chi connectivity index (χ2v) is 37.5. The van der Waals surface area contributed by atoms with E-state index in [1.165, 1.54) is 181 Å². The molecule has 27 heteroatoms. The molecule has 0 amide bonds. The van der Waals surface area contributed by atoms with Crippen LogP contribution < -0.4 is 86.7 Å². The Hall–Kier alpha value is -8.09. The molecule has 0 spiro atoms. The fraction of sp³-hybridized carbons (Fsp3) is 0.660. The highest BCUT2D eigenvalue weighted by atomic mass is 16.5. The first-order chi connectivity index (χ1) is 60.0. The molecule has 0 aliphatic carbocycles. The molecule has 0 bridgehead atoms. The molecule has 0 unspecified atom stereocenters. The zero-order valence-corrected chi connectivity index (χ0v) is 77.9. The van der Waals surface area contributed by atoms with Gasteiger partial charge in [0, 0.05) is 157 Å². The van der Waals surface area contributed by atoms with Crippen LogP contribution in [0.2, 0.25) is 0 Å². The Bertz CT molecular complexity index is 3980. The minimum absolute atomic E-state index is 0.723. The van der Waals surface area contributed by atoms with Crippen LogP contribution in [0.5, 0.6) is 28.7 Å². The largest absolute Gasteiger partial charge is 0.489 e. The fourth-order valence-corrected chi connectivity index (χ4v) is 17.3. The molecular formula is C97H165N18O9+5. The van der Waals surface area contributed by atoms with Crippen molar-refractivity contribution in [2.24, 2.45) is 7.05 Å². The van der Waals surface area contributed by atoms with E-state index in [1.54, 1.807) is 0 Å². The van der Waals surface area contributed by atoms with Gasteiger partial charge in [0.1, 0.15) is 93.8 Å². The van der Waals surface area contributed by atoms with E-state index >= 15 is 0 Å². The quantitative estimate of drug-likeness (QED) is 0.00900. The van der Waals surface area contributed by atoms with Crippen molar-refractivity contribution in [1.82, 2.24) is 14.8 Å². The van der Waals surface area contributed by atoms with E-state index in [2.05, 4.69) is 142 Å². The number of likely N-dealkylation sites (tertiary alicyclic amines) is 2. The number of nitrogen functional groups attached to an aromatic ring is 5. The number of likely N-dealkylation sites (N-methyl/N-ethyl adjacent to an activating group) is 4. The van der Waals surface area contributed by atoms with Gasteiger partial charge in [-0.25, -0.2) is 9.13 Å². The molecule has 0 saturated carbocycles. The molecule has 8 aliphatic rings. The normalized spacial score (nSPS) is 17.3. The molecule has 9 heterocycles. The third-order valence-corrected chi connectivity index (χ3v) is 25.3. The minimum Gasteiger partial charge on any atom is -0.489 e. The van der Waals surface area contributed by atoms with Gasteiger partial charge in [-0.15, -0.1) is 0 Å². The summed E-state index contributed by atoms with van der Waals surface area (Å²) < 4.78 is 60.7. The third kappa shape index (κ3) is 35.3. The number of nitrogens with one attached hydrogen (secondary N) is 1. The predicted octanol–water partition coefficient (Wildman–Crippen LogP) is 11.4. The molecule has 8 aliphatic heterocycles. The first-order valence-electron chi connectivity index (χ1n) is 47.4. The minimum atomic E-state index is 0.723. The molecule has 6 aromatic rings. The lowest BCUT2D eigenvalue weighted by molar-refractivity contribution is -0.914. The molecular weight excluding hydrogens is 1560 g/mol. The maximum Gasteiger partial charge on any atom is 0.243 e. The van der Waals surface area contributed by atoms with Crippen molar-refractivity contribution in [3.8, 4) is 28.7 Å². The first-order valence-corrected chi connectivity index (χ1v) is 47.4. The number of piperazine rings is 1. The molecule has 3 fully saturated rings. The summed E-state index contributed by atoms with van der Waals surface area (Å²) in [6.07, 6.45) is 28.5. The second-order valence-electron chi connectivity index (χ2n) is 37.5. The van der Waals surface area contributed by atoms with Crippen molar-refractivity contribution >= 4 is 56.9 Å². The first kappa shape index (κ1) is 98.1. The molecule has 0 atom stereocenters. The number of nitrogens with two attached hydrogens (primary N) is 5. The number of ether oxygens (including phenoxy) is 9. The van der Waals surface area contributed by atoms with Crippen LogP contribution in [0.3, 0.4) is 0 Å². The zero-order valence-electron chi connectivity index (χ0n) is 77.9. The fourth-order valence-electron chi connectivity index (χ4n) is 17.3. The molecule has 1 aromatic heterocycles. The summed E-state index contributed by atoms with van der Waals surface area (Å²) in [5.41, 5.74) is 38.8. The molecule has 27 nitrogen and oxygen atoms in total. The lowest BCUT2D eigenvalue weighted by Crippen LogP contribution is -2.55. The number of benzene rings is 5. The number of imidazole rings is 1. The summed E-state index contributed by atoms with van der Waals surface area (Å²) in [6.45, 7) is 38.6. The molecule has 11 N–H and O–H groups in total. The predicted molar refractivity (Wildman–Crippen MR) is 510 cm³/mol. The number of hydrogen-bond acceptors (Lipinski definition) is 21. The Kier molecular flexibility index (Phi) is 41.3. The number of aryl methyl sites for hydroxylation is 2. The van der Waals surface area contributed by atoms with Crippen molar-refractivity contribution in [3.63, 3.8) is 0 Å². The van der Waals surface area contributed by atoms with E-state index < -0.39 is 0 Å². The van der Waals surface area contributed by atoms with Crippen LogP contribution in [0.1, 0.15) is 116 Å². The number of rotatable bonds is 43. The summed E-state index contributed by atoms with van der Waals surface area (Å²) in [6, 6.07) is 29.7. The van der Waals surface area contributed by atoms with E-state index in [-0.39, 0.29) is 0 Å². The summed E-state index contributed by atoms with van der Waals surface area (Å²) in [5, 5.41) is 3.52. The molecule has 692 valence electrons. The van der Waals surface area contributed by atoms with Gasteiger partial charge in [-0.2, -0.15) is 0 Å². The van der Waals surface area contributed by atoms with Gasteiger partial charge in [-0.3, -0.25) is 4.90 Å². The Balaban J connectivity index is 0.000000162. The summed E-state index contributed by atoms with van der Waals surface area (Å²) in [5.74, 6) is 4.59. The van der Waals surface area contributed by atoms with E-state index in [4.69, 9.17) is 71.3 Å². The average molecular weight is 1730 g/mol. The van der Waals surface area contributed by atoms with Gasteiger partial charge in [-0.1, -0.05) is 0 Å². The van der Waals surface area contributed by atoms with Gasteiger partial charge in [-0.05, 0) is 170 Å². The van der Waals surface area contributed by atoms with Gasteiger partial charge in [0.05, 0.1) is 190 Å². The van der Waals surface area contributed by atoms with Crippen LogP contribution in [-0.2, 0) is 32.5 Å². The van der Waals surface area contributed by atoms with Gasteiger partial charge in [0.2, 0.25) is 6.33 Å². The monoisotopic (exact) mass is 1730 g/mol. The van der Waals surface area contributed by atoms with Crippen molar-refractivity contribution in [2.75, 3.05) is 345 Å². The van der Waals surface area contributed by atoms with E-state index in [1.807, 2.05) is 67.7 Å². The molecule has 3 saturated heterocycles. The highest BCUT2D eigenvalue weighted by Gasteiger charge is 2.29. The number of hydrogen-bond donors (Lipinski definition) is 6. The summed E-state index contributed by atoms with van der Waals surface area (Å²) >= 11 is 0. The van der Waals surface area contributed by atoms with Crippen molar-refractivity contribution in [3.05, 3.63) is 110 Å². The maximum atomic E-state index is 5.90. The lowest BCUT2D eigenvalue weighted by atomic mass is 10.1. The Labute approximate surface area is 746 Å². The number of piperidine rings is 1. The highest BCUT2D eigenvalue weighted by molar-refractivity contribution is 5.69. The summed E-state index contributed by atoms with van der Waals surface area (Å²) in [7, 11) is 18.0. The van der Waals surface area contributed by atoms with E-state index in [0.717, 1.165) is 288 Å². The molecule has 14 rings (SSSR count). The van der Waals surface area contributed by atoms with E-state index in [9.17, 15) is 0 Å². The van der Waals surface area contributed by atoms with Gasteiger partial charge in [0.25, 0.3) is 0 Å². The van der Waals surface area contributed by atoms with Crippen LogP contribution >= 0.6 is 0 Å². The number of anilines is 10. The molecule has 124 heavy (non-hydrogen) atoms. The van der Waals surface area contributed by atoms with Crippen LogP contribution in [0, 0.1) is 0 Å². The smallest absolute Gasteiger partial charge is 0.243 e. The number of unbranched alkanes of at least 4 members (excludes halogenated alkanes) is 8. The lowest BCUT2D eigenvalue weighted by Gasteiger charge is -2.39. The Morgan fingerprint density at radius 1 is 0.363 bits per heavy atom. The number of quaternary nitrogens is 4. The van der Waals surface area contributed by atoms with Gasteiger partial charge < -0.3 is 119 Å².